The number of para-hydroxylation sites is 2. The fourth-order valence-electron chi connectivity index (χ4n) is 4.17. The maximum atomic E-state index is 13.0. The topological polar surface area (TPSA) is 107 Å². The largest absolute Gasteiger partial charge is 0.454 e. The van der Waals surface area contributed by atoms with E-state index in [4.69, 9.17) is 9.52 Å². The molecule has 0 aliphatic rings. The summed E-state index contributed by atoms with van der Waals surface area (Å²) in [6.07, 6.45) is 3.32. The Labute approximate surface area is 210 Å². The molecule has 3 aromatic carbocycles. The van der Waals surface area contributed by atoms with Crippen molar-refractivity contribution in [3.8, 4) is 17.1 Å². The first-order chi connectivity index (χ1) is 18.1. The van der Waals surface area contributed by atoms with Gasteiger partial charge >= 0.3 is 0 Å². The third kappa shape index (κ3) is 4.08. The summed E-state index contributed by atoms with van der Waals surface area (Å²) < 4.78 is 8.92. The summed E-state index contributed by atoms with van der Waals surface area (Å²) in [5, 5.41) is 14.9. The molecule has 1 amide bonds. The van der Waals surface area contributed by atoms with Crippen molar-refractivity contribution in [2.45, 2.75) is 0 Å². The van der Waals surface area contributed by atoms with Gasteiger partial charge in [0.1, 0.15) is 11.3 Å². The van der Waals surface area contributed by atoms with Crippen molar-refractivity contribution in [1.29, 1.82) is 0 Å². The highest BCUT2D eigenvalue weighted by atomic mass is 16.3. The van der Waals surface area contributed by atoms with Gasteiger partial charge < -0.3 is 4.42 Å². The zero-order valence-electron chi connectivity index (χ0n) is 19.7. The van der Waals surface area contributed by atoms with Gasteiger partial charge in [0.2, 0.25) is 0 Å². The molecule has 0 saturated heterocycles. The van der Waals surface area contributed by atoms with E-state index in [0.717, 1.165) is 21.3 Å². The molecule has 3 heterocycles. The molecule has 9 heteroatoms. The molecule has 0 aliphatic heterocycles. The Hall–Kier alpha value is -5.31. The number of carbonyl (C=O) groups excluding carboxylic acids is 1. The third-order valence-electron chi connectivity index (χ3n) is 5.96. The van der Waals surface area contributed by atoms with Gasteiger partial charge in [-0.1, -0.05) is 54.6 Å². The second-order valence-electron chi connectivity index (χ2n) is 8.38. The van der Waals surface area contributed by atoms with Crippen LogP contribution in [0.15, 0.2) is 105 Å². The van der Waals surface area contributed by atoms with Gasteiger partial charge in [-0.05, 0) is 30.3 Å². The van der Waals surface area contributed by atoms with E-state index in [9.17, 15) is 9.59 Å². The highest BCUT2D eigenvalue weighted by Gasteiger charge is 2.17. The molecule has 1 N–H and O–H groups in total. The minimum absolute atomic E-state index is 0.104. The molecule has 9 nitrogen and oxygen atoms in total. The Kier molecular flexibility index (Phi) is 5.42. The average molecular weight is 489 g/mol. The van der Waals surface area contributed by atoms with Crippen LogP contribution in [0.4, 0.5) is 0 Å². The molecule has 180 valence electrons. The minimum atomic E-state index is -0.538. The number of nitrogens with zero attached hydrogens (tertiary/aromatic N) is 5. The Bertz CT molecular complexity index is 1830. The van der Waals surface area contributed by atoms with Crippen LogP contribution in [0.25, 0.3) is 38.9 Å². The number of carbonyl (C=O) groups is 1. The lowest BCUT2D eigenvalue weighted by Gasteiger charge is -2.06. The molecule has 0 bridgehead atoms. The van der Waals surface area contributed by atoms with Crippen molar-refractivity contribution < 1.29 is 9.21 Å². The number of hydrogen-bond donors (Lipinski definition) is 1. The molecule has 0 spiro atoms. The third-order valence-corrected chi connectivity index (χ3v) is 5.96. The summed E-state index contributed by atoms with van der Waals surface area (Å²) in [5.74, 6) is 0.0400. The van der Waals surface area contributed by atoms with Crippen LogP contribution >= 0.6 is 0 Å². The lowest BCUT2D eigenvalue weighted by atomic mass is 10.1. The van der Waals surface area contributed by atoms with Crippen molar-refractivity contribution in [3.05, 3.63) is 113 Å². The van der Waals surface area contributed by atoms with Crippen LogP contribution in [0.3, 0.4) is 0 Å². The van der Waals surface area contributed by atoms with E-state index in [1.54, 1.807) is 28.9 Å². The number of hydrazone groups is 1. The summed E-state index contributed by atoms with van der Waals surface area (Å²) in [5.41, 5.74) is 5.18. The molecular formula is C28H20N6O3. The first-order valence-electron chi connectivity index (χ1n) is 11.5. The summed E-state index contributed by atoms with van der Waals surface area (Å²) in [7, 11) is 1.51. The van der Waals surface area contributed by atoms with Crippen molar-refractivity contribution in [1.82, 2.24) is 25.0 Å². The van der Waals surface area contributed by atoms with Gasteiger partial charge in [0.15, 0.2) is 11.5 Å². The number of benzene rings is 3. The summed E-state index contributed by atoms with van der Waals surface area (Å²) in [6.45, 7) is 0. The van der Waals surface area contributed by atoms with Gasteiger partial charge in [0.05, 0.1) is 17.3 Å². The maximum Gasteiger partial charge on any atom is 0.292 e. The number of aryl methyl sites for hydroxylation is 1. The Morgan fingerprint density at radius 3 is 2.49 bits per heavy atom. The van der Waals surface area contributed by atoms with Crippen LogP contribution < -0.4 is 11.0 Å². The van der Waals surface area contributed by atoms with Gasteiger partial charge in [0, 0.05) is 29.6 Å². The van der Waals surface area contributed by atoms with Crippen LogP contribution in [-0.2, 0) is 7.05 Å². The van der Waals surface area contributed by atoms with Gasteiger partial charge in [-0.25, -0.2) is 14.8 Å². The second-order valence-corrected chi connectivity index (χ2v) is 8.38. The number of hydrogen-bond acceptors (Lipinski definition) is 6. The molecule has 37 heavy (non-hydrogen) atoms. The van der Waals surface area contributed by atoms with Crippen LogP contribution in [-0.4, -0.2) is 31.7 Å². The number of nitrogens with one attached hydrogen (secondary N) is 1. The van der Waals surface area contributed by atoms with Crippen LogP contribution in [0.1, 0.15) is 16.1 Å². The smallest absolute Gasteiger partial charge is 0.292 e. The van der Waals surface area contributed by atoms with Crippen molar-refractivity contribution in [2.24, 2.45) is 12.1 Å². The van der Waals surface area contributed by atoms with E-state index in [0.29, 0.717) is 27.8 Å². The van der Waals surface area contributed by atoms with Crippen LogP contribution in [0, 0.1) is 0 Å². The van der Waals surface area contributed by atoms with Gasteiger partial charge in [-0.15, -0.1) is 0 Å². The molecule has 0 radical (unpaired) electrons. The molecule has 0 unspecified atom stereocenters. The number of aromatic nitrogens is 4. The fourth-order valence-corrected chi connectivity index (χ4v) is 4.17. The van der Waals surface area contributed by atoms with Gasteiger partial charge in [-0.3, -0.25) is 9.59 Å². The number of furan rings is 1. The average Bonchev–Trinajstić information content (AvgIpc) is 3.55. The van der Waals surface area contributed by atoms with E-state index >= 15 is 0 Å². The fraction of sp³-hybridized carbons (Fsp3) is 0.0357. The van der Waals surface area contributed by atoms with E-state index in [1.165, 1.54) is 13.3 Å². The Balaban J connectivity index is 1.36. The SMILES string of the molecule is Cn1nc(C(=O)NN=Cc2cn(-c3ccccc3)nc2-c2cc3ccccc3o2)c2ccccc2c1=O. The van der Waals surface area contributed by atoms with Crippen LogP contribution in [0.5, 0.6) is 0 Å². The summed E-state index contributed by atoms with van der Waals surface area (Å²) >= 11 is 0. The summed E-state index contributed by atoms with van der Waals surface area (Å²) in [6, 6.07) is 26.1. The van der Waals surface area contributed by atoms with E-state index in [2.05, 4.69) is 15.6 Å². The maximum absolute atomic E-state index is 13.0. The lowest BCUT2D eigenvalue weighted by Crippen LogP contribution is -2.27. The standard InChI is InChI=1S/C28H20N6O3/c1-33-28(36)22-13-7-6-12-21(22)26(31-33)27(35)30-29-16-19-17-34(20-10-3-2-4-11-20)32-25(19)24-15-18-9-5-8-14-23(18)37-24/h2-17H,1H3,(H,30,35). The molecule has 3 aromatic heterocycles. The number of fused-ring (bicyclic) bond motifs is 2. The van der Waals surface area contributed by atoms with Gasteiger partial charge in [0.25, 0.3) is 11.5 Å². The number of amides is 1. The monoisotopic (exact) mass is 488 g/mol. The van der Waals surface area contributed by atoms with E-state index in [1.807, 2.05) is 66.9 Å². The van der Waals surface area contributed by atoms with E-state index in [-0.39, 0.29) is 11.3 Å². The van der Waals surface area contributed by atoms with Crippen molar-refractivity contribution >= 4 is 33.9 Å². The van der Waals surface area contributed by atoms with Crippen molar-refractivity contribution in [2.75, 3.05) is 0 Å². The molecule has 0 atom stereocenters. The predicted octanol–water partition coefficient (Wildman–Crippen LogP) is 4.30. The highest BCUT2D eigenvalue weighted by molar-refractivity contribution is 6.05. The zero-order chi connectivity index (χ0) is 25.4. The molecule has 0 fully saturated rings. The first kappa shape index (κ1) is 22.2. The second kappa shape index (κ2) is 9.04. The Morgan fingerprint density at radius 1 is 0.946 bits per heavy atom. The molecule has 6 rings (SSSR count). The summed E-state index contributed by atoms with van der Waals surface area (Å²) in [4.78, 5) is 25.3. The predicted molar refractivity (Wildman–Crippen MR) is 141 cm³/mol. The Morgan fingerprint density at radius 2 is 1.68 bits per heavy atom. The van der Waals surface area contributed by atoms with Crippen molar-refractivity contribution in [3.63, 3.8) is 0 Å². The molecule has 0 saturated carbocycles. The quantitative estimate of drug-likeness (QED) is 0.288. The number of rotatable bonds is 5. The lowest BCUT2D eigenvalue weighted by molar-refractivity contribution is 0.0950. The molecule has 6 aromatic rings. The van der Waals surface area contributed by atoms with E-state index < -0.39 is 5.91 Å². The first-order valence-corrected chi connectivity index (χ1v) is 11.5. The molecular weight excluding hydrogens is 468 g/mol. The minimum Gasteiger partial charge on any atom is -0.454 e. The molecule has 0 aliphatic carbocycles. The normalized spacial score (nSPS) is 11.5. The highest BCUT2D eigenvalue weighted by Crippen LogP contribution is 2.29. The zero-order valence-corrected chi connectivity index (χ0v) is 19.7. The van der Waals surface area contributed by atoms with Crippen LogP contribution in [0.2, 0.25) is 0 Å². The van der Waals surface area contributed by atoms with Gasteiger partial charge in [-0.2, -0.15) is 15.3 Å².